The number of nitrogens with two attached hydrogens (primary N) is 2. The predicted molar refractivity (Wildman–Crippen MR) is 83.3 cm³/mol. The van der Waals surface area contributed by atoms with Crippen molar-refractivity contribution in [1.29, 1.82) is 0 Å². The number of carboxylic acids is 3. The minimum atomic E-state index is -1.01. The van der Waals surface area contributed by atoms with E-state index in [4.69, 9.17) is 21.1 Å². The van der Waals surface area contributed by atoms with E-state index in [9.17, 15) is 14.4 Å². The highest BCUT2D eigenvalue weighted by Crippen LogP contribution is 2.03. The lowest BCUT2D eigenvalue weighted by atomic mass is 10.2. The molecule has 11 nitrogen and oxygen atoms in total. The van der Waals surface area contributed by atoms with Gasteiger partial charge in [-0.05, 0) is 19.4 Å². The van der Waals surface area contributed by atoms with Crippen molar-refractivity contribution in [3.05, 3.63) is 18.2 Å². The first-order chi connectivity index (χ1) is 11.3. The van der Waals surface area contributed by atoms with Gasteiger partial charge in [0, 0.05) is 12.6 Å². The van der Waals surface area contributed by atoms with Gasteiger partial charge in [0.2, 0.25) is 0 Å². The van der Waals surface area contributed by atoms with Gasteiger partial charge in [-0.15, -0.1) is 0 Å². The summed E-state index contributed by atoms with van der Waals surface area (Å²) in [4.78, 5) is 36.2. The van der Waals surface area contributed by atoms with Crippen LogP contribution in [0.2, 0.25) is 0 Å². The van der Waals surface area contributed by atoms with Gasteiger partial charge in [0.05, 0.1) is 18.6 Å². The molecule has 0 spiro atoms. The van der Waals surface area contributed by atoms with E-state index in [1.165, 1.54) is 6.33 Å². The maximum atomic E-state index is 10.3. The monoisotopic (exact) mass is 345 g/mol. The molecule has 1 aromatic heterocycles. The average Bonchev–Trinajstić information content (AvgIpc) is 3.21. The molecule has 1 aromatic rings. The zero-order valence-electron chi connectivity index (χ0n) is 13.0. The Kier molecular flexibility index (Phi) is 10.7. The van der Waals surface area contributed by atoms with Crippen LogP contribution in [-0.4, -0.2) is 68.4 Å². The van der Waals surface area contributed by atoms with Crippen LogP contribution < -0.4 is 16.8 Å². The third-order valence-corrected chi connectivity index (χ3v) is 2.83. The number of rotatable bonds is 5. The van der Waals surface area contributed by atoms with Crippen LogP contribution in [0.1, 0.15) is 18.5 Å². The fraction of sp³-hybridized carbons (Fsp3) is 0.538. The van der Waals surface area contributed by atoms with Crippen molar-refractivity contribution in [2.45, 2.75) is 31.3 Å². The standard InChI is InChI=1S/C6H9N3O2.C5H9NO2.C2H5NO2/c7-5(6(10)11)1-4-2-8-3-9-4;7-5(8)4-2-1-3-6-4;3-1-2(4)5/h2-3,5H,1,7H2,(H,8,9)(H,10,11);4,6H,1-3H2,(H,7,8);1,3H2,(H,4,5)/t5-;4-;/m00./s1. The molecule has 9 N–H and O–H groups in total. The Morgan fingerprint density at radius 1 is 1.33 bits per heavy atom. The topological polar surface area (TPSA) is 205 Å². The highest BCUT2D eigenvalue weighted by Gasteiger charge is 2.20. The summed E-state index contributed by atoms with van der Waals surface area (Å²) in [6, 6.07) is -1.13. The van der Waals surface area contributed by atoms with Crippen molar-refractivity contribution in [3.8, 4) is 0 Å². The molecule has 0 radical (unpaired) electrons. The molecule has 0 amide bonds. The van der Waals surface area contributed by atoms with Crippen molar-refractivity contribution < 1.29 is 29.7 Å². The van der Waals surface area contributed by atoms with Crippen LogP contribution in [-0.2, 0) is 20.8 Å². The lowest BCUT2D eigenvalue weighted by Gasteiger charge is -2.01. The van der Waals surface area contributed by atoms with Crippen LogP contribution in [0.4, 0.5) is 0 Å². The highest BCUT2D eigenvalue weighted by molar-refractivity contribution is 5.73. The summed E-state index contributed by atoms with van der Waals surface area (Å²) >= 11 is 0. The van der Waals surface area contributed by atoms with Crippen LogP contribution in [0.25, 0.3) is 0 Å². The number of nitrogens with zero attached hydrogens (tertiary/aromatic N) is 1. The second-order valence-corrected chi connectivity index (χ2v) is 4.79. The Morgan fingerprint density at radius 3 is 2.25 bits per heavy atom. The van der Waals surface area contributed by atoms with Crippen molar-refractivity contribution >= 4 is 17.9 Å². The van der Waals surface area contributed by atoms with E-state index in [0.717, 1.165) is 19.4 Å². The minimum absolute atomic E-state index is 0.263. The molecule has 2 rings (SSSR count). The van der Waals surface area contributed by atoms with Crippen LogP contribution in [0.5, 0.6) is 0 Å². The predicted octanol–water partition coefficient (Wildman–Crippen LogP) is -1.78. The smallest absolute Gasteiger partial charge is 0.320 e. The number of nitrogens with one attached hydrogen (secondary N) is 2. The van der Waals surface area contributed by atoms with Crippen LogP contribution in [0.3, 0.4) is 0 Å². The third kappa shape index (κ3) is 10.3. The normalized spacial score (nSPS) is 16.8. The molecule has 1 aliphatic heterocycles. The van der Waals surface area contributed by atoms with Crippen molar-refractivity contribution in [3.63, 3.8) is 0 Å². The van der Waals surface area contributed by atoms with Crippen molar-refractivity contribution in [2.24, 2.45) is 11.5 Å². The van der Waals surface area contributed by atoms with E-state index in [-0.39, 0.29) is 19.0 Å². The Balaban J connectivity index is 0.000000358. The van der Waals surface area contributed by atoms with E-state index in [1.807, 2.05) is 0 Å². The van der Waals surface area contributed by atoms with Gasteiger partial charge in [-0.25, -0.2) is 4.98 Å². The summed E-state index contributed by atoms with van der Waals surface area (Å²) in [6.07, 6.45) is 5.16. The molecule has 0 bridgehead atoms. The third-order valence-electron chi connectivity index (χ3n) is 2.83. The van der Waals surface area contributed by atoms with Gasteiger partial charge in [0.25, 0.3) is 0 Å². The van der Waals surface area contributed by atoms with E-state index < -0.39 is 23.9 Å². The number of carboxylic acid groups (broad SMARTS) is 3. The number of aliphatic carboxylic acids is 3. The van der Waals surface area contributed by atoms with E-state index in [0.29, 0.717) is 5.69 Å². The molecule has 11 heteroatoms. The van der Waals surface area contributed by atoms with Gasteiger partial charge >= 0.3 is 17.9 Å². The van der Waals surface area contributed by atoms with Gasteiger partial charge < -0.3 is 37.1 Å². The minimum Gasteiger partial charge on any atom is -0.480 e. The summed E-state index contributed by atoms with van der Waals surface area (Å²) in [5, 5.41) is 27.2. The summed E-state index contributed by atoms with van der Waals surface area (Å²) in [6.45, 7) is 0.580. The summed E-state index contributed by atoms with van der Waals surface area (Å²) < 4.78 is 0. The summed E-state index contributed by atoms with van der Waals surface area (Å²) in [5.41, 5.74) is 10.5. The van der Waals surface area contributed by atoms with Gasteiger partial charge in [-0.2, -0.15) is 0 Å². The Hall–Kier alpha value is -2.50. The highest BCUT2D eigenvalue weighted by atomic mass is 16.4. The van der Waals surface area contributed by atoms with Crippen LogP contribution >= 0.6 is 0 Å². The number of aromatic nitrogens is 2. The molecule has 0 aliphatic carbocycles. The molecule has 1 aliphatic rings. The quantitative estimate of drug-likeness (QED) is 0.319. The van der Waals surface area contributed by atoms with Crippen molar-refractivity contribution in [2.75, 3.05) is 13.1 Å². The van der Waals surface area contributed by atoms with Gasteiger partial charge in [-0.1, -0.05) is 0 Å². The number of imidazole rings is 1. The lowest BCUT2D eigenvalue weighted by molar-refractivity contribution is -0.139. The Labute approximate surface area is 138 Å². The SMILES string of the molecule is NCC(=O)O.N[C@@H](Cc1c[nH]cn1)C(=O)O.O=C(O)[C@@H]1CCCN1. The van der Waals surface area contributed by atoms with Crippen LogP contribution in [0.15, 0.2) is 12.5 Å². The molecule has 1 fully saturated rings. The first kappa shape index (κ1) is 21.5. The summed E-state index contributed by atoms with van der Waals surface area (Å²) in [7, 11) is 0. The lowest BCUT2D eigenvalue weighted by Crippen LogP contribution is -2.32. The zero-order chi connectivity index (χ0) is 18.5. The molecule has 0 unspecified atom stereocenters. The molecule has 2 atom stereocenters. The summed E-state index contributed by atoms with van der Waals surface area (Å²) in [5.74, 6) is -2.69. The molecule has 136 valence electrons. The average molecular weight is 345 g/mol. The molecule has 1 saturated heterocycles. The number of H-pyrrole nitrogens is 1. The van der Waals surface area contributed by atoms with Gasteiger partial charge in [0.15, 0.2) is 0 Å². The fourth-order valence-electron chi connectivity index (χ4n) is 1.61. The first-order valence-electron chi connectivity index (χ1n) is 7.12. The maximum absolute atomic E-state index is 10.3. The largest absolute Gasteiger partial charge is 0.480 e. The second kappa shape index (κ2) is 12.0. The van der Waals surface area contributed by atoms with Gasteiger partial charge in [-0.3, -0.25) is 14.4 Å². The Morgan fingerprint density at radius 2 is 1.96 bits per heavy atom. The van der Waals surface area contributed by atoms with Gasteiger partial charge in [0.1, 0.15) is 12.1 Å². The maximum Gasteiger partial charge on any atom is 0.320 e. The fourth-order valence-corrected chi connectivity index (χ4v) is 1.61. The van der Waals surface area contributed by atoms with E-state index in [1.54, 1.807) is 6.20 Å². The number of hydrogen-bond donors (Lipinski definition) is 7. The van der Waals surface area contributed by atoms with E-state index >= 15 is 0 Å². The van der Waals surface area contributed by atoms with Crippen LogP contribution in [0, 0.1) is 0 Å². The molecule has 24 heavy (non-hydrogen) atoms. The van der Waals surface area contributed by atoms with E-state index in [2.05, 4.69) is 21.0 Å². The zero-order valence-corrected chi connectivity index (χ0v) is 13.0. The molecule has 2 heterocycles. The molecular weight excluding hydrogens is 322 g/mol. The molecule has 0 saturated carbocycles. The number of carbonyl (C=O) groups is 3. The molecular formula is C13H23N5O6. The Bertz CT molecular complexity index is 501. The molecule has 0 aromatic carbocycles. The second-order valence-electron chi connectivity index (χ2n) is 4.79. The number of aromatic amines is 1. The first-order valence-corrected chi connectivity index (χ1v) is 7.12. The van der Waals surface area contributed by atoms with Crippen molar-refractivity contribution in [1.82, 2.24) is 15.3 Å². The number of hydrogen-bond acceptors (Lipinski definition) is 7.